The SMILES string of the molecule is O=CCC1CCC2(CC1)CC2. The molecule has 0 radical (unpaired) electrons. The van der Waals surface area contributed by atoms with Crippen LogP contribution in [-0.4, -0.2) is 6.29 Å². The van der Waals surface area contributed by atoms with E-state index in [1.807, 2.05) is 0 Å². The third kappa shape index (κ3) is 1.47. The lowest BCUT2D eigenvalue weighted by Gasteiger charge is -2.26. The van der Waals surface area contributed by atoms with Gasteiger partial charge in [-0.3, -0.25) is 0 Å². The first-order valence-corrected chi connectivity index (χ1v) is 4.78. The quantitative estimate of drug-likeness (QED) is 0.556. The van der Waals surface area contributed by atoms with Gasteiger partial charge in [-0.25, -0.2) is 0 Å². The molecule has 0 heterocycles. The van der Waals surface area contributed by atoms with Crippen LogP contribution in [0.25, 0.3) is 0 Å². The summed E-state index contributed by atoms with van der Waals surface area (Å²) < 4.78 is 0. The summed E-state index contributed by atoms with van der Waals surface area (Å²) in [6.45, 7) is 0. The zero-order chi connectivity index (χ0) is 7.73. The Balaban J connectivity index is 1.79. The summed E-state index contributed by atoms with van der Waals surface area (Å²) in [7, 11) is 0. The molecule has 0 bridgehead atoms. The molecule has 0 unspecified atom stereocenters. The van der Waals surface area contributed by atoms with Crippen molar-refractivity contribution in [3.63, 3.8) is 0 Å². The van der Waals surface area contributed by atoms with Gasteiger partial charge in [0.05, 0.1) is 0 Å². The van der Waals surface area contributed by atoms with E-state index in [0.717, 1.165) is 24.0 Å². The van der Waals surface area contributed by atoms with E-state index in [1.165, 1.54) is 38.5 Å². The van der Waals surface area contributed by atoms with E-state index in [-0.39, 0.29) is 0 Å². The fraction of sp³-hybridized carbons (Fsp3) is 0.900. The summed E-state index contributed by atoms with van der Waals surface area (Å²) in [4.78, 5) is 10.3. The van der Waals surface area contributed by atoms with Crippen LogP contribution in [0.2, 0.25) is 0 Å². The molecule has 0 N–H and O–H groups in total. The molecular weight excluding hydrogens is 136 g/mol. The van der Waals surface area contributed by atoms with E-state index in [0.29, 0.717) is 0 Å². The van der Waals surface area contributed by atoms with Gasteiger partial charge < -0.3 is 4.79 Å². The Labute approximate surface area is 68.2 Å². The van der Waals surface area contributed by atoms with Gasteiger partial charge in [0.15, 0.2) is 0 Å². The predicted octanol–water partition coefficient (Wildman–Crippen LogP) is 2.55. The molecule has 2 aliphatic rings. The normalized spacial score (nSPS) is 28.7. The van der Waals surface area contributed by atoms with Crippen molar-refractivity contribution in [3.05, 3.63) is 0 Å². The minimum atomic E-state index is 0.735. The number of aldehydes is 1. The molecule has 0 aromatic carbocycles. The van der Waals surface area contributed by atoms with Gasteiger partial charge >= 0.3 is 0 Å². The summed E-state index contributed by atoms with van der Waals surface area (Å²) in [6, 6.07) is 0. The van der Waals surface area contributed by atoms with Crippen LogP contribution in [0.15, 0.2) is 0 Å². The highest BCUT2D eigenvalue weighted by molar-refractivity contribution is 5.49. The van der Waals surface area contributed by atoms with E-state index < -0.39 is 0 Å². The maximum absolute atomic E-state index is 10.3. The molecule has 0 aromatic rings. The molecule has 0 atom stereocenters. The third-order valence-electron chi connectivity index (χ3n) is 3.55. The first-order valence-electron chi connectivity index (χ1n) is 4.78. The smallest absolute Gasteiger partial charge is 0.120 e. The van der Waals surface area contributed by atoms with E-state index in [4.69, 9.17) is 0 Å². The molecular formula is C10H16O. The second-order valence-corrected chi connectivity index (χ2v) is 4.35. The van der Waals surface area contributed by atoms with Crippen molar-refractivity contribution in [3.8, 4) is 0 Å². The molecule has 2 rings (SSSR count). The Bertz CT molecular complexity index is 148. The van der Waals surface area contributed by atoms with Crippen LogP contribution in [0.5, 0.6) is 0 Å². The molecule has 62 valence electrons. The maximum atomic E-state index is 10.3. The lowest BCUT2D eigenvalue weighted by molar-refractivity contribution is -0.108. The van der Waals surface area contributed by atoms with Gasteiger partial charge in [0, 0.05) is 6.42 Å². The highest BCUT2D eigenvalue weighted by atomic mass is 16.1. The zero-order valence-corrected chi connectivity index (χ0v) is 7.01. The van der Waals surface area contributed by atoms with Crippen LogP contribution < -0.4 is 0 Å². The average Bonchev–Trinajstić information content (AvgIpc) is 2.76. The topological polar surface area (TPSA) is 17.1 Å². The van der Waals surface area contributed by atoms with E-state index in [2.05, 4.69) is 0 Å². The summed E-state index contributed by atoms with van der Waals surface area (Å²) >= 11 is 0. The molecule has 11 heavy (non-hydrogen) atoms. The van der Waals surface area contributed by atoms with Crippen molar-refractivity contribution in [2.75, 3.05) is 0 Å². The Kier molecular flexibility index (Phi) is 1.74. The molecule has 1 spiro atoms. The summed E-state index contributed by atoms with van der Waals surface area (Å²) in [6.07, 6.45) is 10.3. The first kappa shape index (κ1) is 7.33. The third-order valence-corrected chi connectivity index (χ3v) is 3.55. The Morgan fingerprint density at radius 3 is 2.27 bits per heavy atom. The minimum Gasteiger partial charge on any atom is -0.303 e. The molecule has 0 saturated heterocycles. The molecule has 0 aliphatic heterocycles. The number of rotatable bonds is 2. The van der Waals surface area contributed by atoms with Crippen LogP contribution in [0.3, 0.4) is 0 Å². The van der Waals surface area contributed by atoms with Crippen molar-refractivity contribution in [2.24, 2.45) is 11.3 Å². The zero-order valence-electron chi connectivity index (χ0n) is 7.01. The van der Waals surface area contributed by atoms with Crippen LogP contribution >= 0.6 is 0 Å². The lowest BCUT2D eigenvalue weighted by Crippen LogP contribution is -2.15. The van der Waals surface area contributed by atoms with Crippen LogP contribution in [0.4, 0.5) is 0 Å². The molecule has 1 heteroatoms. The summed E-state index contributed by atoms with van der Waals surface area (Å²) in [5, 5.41) is 0. The van der Waals surface area contributed by atoms with Gasteiger partial charge in [0.25, 0.3) is 0 Å². The molecule has 2 saturated carbocycles. The predicted molar refractivity (Wildman–Crippen MR) is 44.3 cm³/mol. The number of hydrogen-bond donors (Lipinski definition) is 0. The molecule has 0 amide bonds. The monoisotopic (exact) mass is 152 g/mol. The van der Waals surface area contributed by atoms with Gasteiger partial charge in [0.2, 0.25) is 0 Å². The van der Waals surface area contributed by atoms with Crippen molar-refractivity contribution in [1.29, 1.82) is 0 Å². The fourth-order valence-electron chi connectivity index (χ4n) is 2.34. The van der Waals surface area contributed by atoms with E-state index >= 15 is 0 Å². The second kappa shape index (κ2) is 2.62. The van der Waals surface area contributed by atoms with Gasteiger partial charge in [-0.15, -0.1) is 0 Å². The van der Waals surface area contributed by atoms with Crippen LogP contribution in [0.1, 0.15) is 44.9 Å². The van der Waals surface area contributed by atoms with E-state index in [1.54, 1.807) is 0 Å². The highest BCUT2D eigenvalue weighted by Gasteiger charge is 2.44. The van der Waals surface area contributed by atoms with Crippen molar-refractivity contribution in [1.82, 2.24) is 0 Å². The maximum Gasteiger partial charge on any atom is 0.120 e. The van der Waals surface area contributed by atoms with Crippen molar-refractivity contribution < 1.29 is 4.79 Å². The molecule has 1 nitrogen and oxygen atoms in total. The van der Waals surface area contributed by atoms with E-state index in [9.17, 15) is 4.79 Å². The van der Waals surface area contributed by atoms with Gasteiger partial charge in [-0.05, 0) is 49.9 Å². The molecule has 2 aliphatic carbocycles. The van der Waals surface area contributed by atoms with Crippen molar-refractivity contribution >= 4 is 6.29 Å². The first-order chi connectivity index (χ1) is 5.35. The van der Waals surface area contributed by atoms with Crippen LogP contribution in [-0.2, 0) is 4.79 Å². The van der Waals surface area contributed by atoms with Gasteiger partial charge in [-0.1, -0.05) is 0 Å². The standard InChI is InChI=1S/C10H16O/c11-8-3-9-1-4-10(5-2-9)6-7-10/h8-9H,1-7H2. The molecule has 2 fully saturated rings. The fourth-order valence-corrected chi connectivity index (χ4v) is 2.34. The Hall–Kier alpha value is -0.330. The van der Waals surface area contributed by atoms with Gasteiger partial charge in [-0.2, -0.15) is 0 Å². The summed E-state index contributed by atoms with van der Waals surface area (Å²) in [5.74, 6) is 0.735. The van der Waals surface area contributed by atoms with Gasteiger partial charge in [0.1, 0.15) is 6.29 Å². The lowest BCUT2D eigenvalue weighted by atomic mass is 9.79. The number of carbonyl (C=O) groups is 1. The van der Waals surface area contributed by atoms with Crippen LogP contribution in [0, 0.1) is 11.3 Å². The number of carbonyl (C=O) groups excluding carboxylic acids is 1. The Morgan fingerprint density at radius 1 is 1.18 bits per heavy atom. The second-order valence-electron chi connectivity index (χ2n) is 4.35. The highest BCUT2D eigenvalue weighted by Crippen LogP contribution is 2.57. The largest absolute Gasteiger partial charge is 0.303 e. The minimum absolute atomic E-state index is 0.735. The summed E-state index contributed by atoms with van der Waals surface area (Å²) in [5.41, 5.74) is 0.791. The van der Waals surface area contributed by atoms with Crippen molar-refractivity contribution in [2.45, 2.75) is 44.9 Å². The Morgan fingerprint density at radius 2 is 1.82 bits per heavy atom. The molecule has 0 aromatic heterocycles. The average molecular weight is 152 g/mol. The number of hydrogen-bond acceptors (Lipinski definition) is 1.